The van der Waals surface area contributed by atoms with Crippen molar-refractivity contribution < 1.29 is 29.4 Å². The number of hydrogen-bond acceptors (Lipinski definition) is 6. The van der Waals surface area contributed by atoms with Crippen molar-refractivity contribution in [3.63, 3.8) is 0 Å². The number of rotatable bonds is 10. The van der Waals surface area contributed by atoms with E-state index in [4.69, 9.17) is 5.11 Å². The minimum absolute atomic E-state index is 0.0492. The molecule has 1 fully saturated rings. The number of carbonyl (C=O) groups is 4. The van der Waals surface area contributed by atoms with Crippen LogP contribution < -0.4 is 21.3 Å². The summed E-state index contributed by atoms with van der Waals surface area (Å²) in [7, 11) is 0. The van der Waals surface area contributed by atoms with Crippen molar-refractivity contribution in [3.05, 3.63) is 0 Å². The minimum Gasteiger partial charge on any atom is -0.480 e. The molecule has 0 bridgehead atoms. The van der Waals surface area contributed by atoms with Gasteiger partial charge in [0.1, 0.15) is 6.04 Å². The quantitative estimate of drug-likeness (QED) is 0.262. The van der Waals surface area contributed by atoms with Gasteiger partial charge in [-0.25, -0.2) is 4.79 Å². The molecule has 4 unspecified atom stereocenters. The molecule has 6 N–H and O–H groups in total. The summed E-state index contributed by atoms with van der Waals surface area (Å²) in [5.41, 5.74) is 0. The highest BCUT2D eigenvalue weighted by Gasteiger charge is 2.30. The lowest BCUT2D eigenvalue weighted by Crippen LogP contribution is -2.56. The SMILES string of the molecule is CC(C)CC(NC(=O)CNC(=O)C1CCCN1)C(=O)NC(C(=O)O)C(C)O. The fourth-order valence-electron chi connectivity index (χ4n) is 2.79. The van der Waals surface area contributed by atoms with E-state index in [1.165, 1.54) is 6.92 Å². The third-order valence-corrected chi connectivity index (χ3v) is 4.21. The van der Waals surface area contributed by atoms with E-state index >= 15 is 0 Å². The Balaban J connectivity index is 2.61. The molecule has 0 aromatic carbocycles. The highest BCUT2D eigenvalue weighted by atomic mass is 16.4. The lowest BCUT2D eigenvalue weighted by Gasteiger charge is -2.24. The van der Waals surface area contributed by atoms with Gasteiger partial charge in [-0.1, -0.05) is 13.8 Å². The second-order valence-electron chi connectivity index (χ2n) is 7.18. The first-order valence-electron chi connectivity index (χ1n) is 9.13. The van der Waals surface area contributed by atoms with Gasteiger partial charge >= 0.3 is 5.97 Å². The third kappa shape index (κ3) is 7.92. The Labute approximate surface area is 158 Å². The van der Waals surface area contributed by atoms with Crippen LogP contribution in [0.1, 0.15) is 40.0 Å². The average Bonchev–Trinajstić information content (AvgIpc) is 3.10. The molecule has 0 aromatic rings. The Bertz CT molecular complexity index is 546. The molecule has 3 amide bonds. The van der Waals surface area contributed by atoms with Gasteiger partial charge in [-0.3, -0.25) is 14.4 Å². The van der Waals surface area contributed by atoms with Crippen LogP contribution in [-0.2, 0) is 19.2 Å². The molecule has 1 aliphatic rings. The second-order valence-corrected chi connectivity index (χ2v) is 7.18. The Morgan fingerprint density at radius 2 is 1.81 bits per heavy atom. The molecular weight excluding hydrogens is 356 g/mol. The van der Waals surface area contributed by atoms with Crippen molar-refractivity contribution in [1.82, 2.24) is 21.3 Å². The largest absolute Gasteiger partial charge is 0.480 e. The van der Waals surface area contributed by atoms with Gasteiger partial charge in [-0.2, -0.15) is 0 Å². The van der Waals surface area contributed by atoms with Gasteiger partial charge in [0.05, 0.1) is 18.7 Å². The van der Waals surface area contributed by atoms with Crippen molar-refractivity contribution in [1.29, 1.82) is 0 Å². The van der Waals surface area contributed by atoms with Crippen LogP contribution in [0.5, 0.6) is 0 Å². The summed E-state index contributed by atoms with van der Waals surface area (Å²) in [5, 5.41) is 28.9. The monoisotopic (exact) mass is 386 g/mol. The van der Waals surface area contributed by atoms with Gasteiger partial charge in [-0.05, 0) is 38.6 Å². The van der Waals surface area contributed by atoms with E-state index in [1.807, 2.05) is 13.8 Å². The minimum atomic E-state index is -1.47. The zero-order valence-corrected chi connectivity index (χ0v) is 15.9. The number of carbonyl (C=O) groups excluding carboxylic acids is 3. The number of hydrogen-bond donors (Lipinski definition) is 6. The fraction of sp³-hybridized carbons (Fsp3) is 0.765. The summed E-state index contributed by atoms with van der Waals surface area (Å²) in [6.45, 7) is 5.43. The maximum Gasteiger partial charge on any atom is 0.328 e. The van der Waals surface area contributed by atoms with E-state index in [9.17, 15) is 24.3 Å². The van der Waals surface area contributed by atoms with Crippen LogP contribution in [0, 0.1) is 5.92 Å². The molecule has 0 radical (unpaired) electrons. The highest BCUT2D eigenvalue weighted by molar-refractivity contribution is 5.92. The first-order valence-corrected chi connectivity index (χ1v) is 9.13. The van der Waals surface area contributed by atoms with Crippen LogP contribution in [0.3, 0.4) is 0 Å². The highest BCUT2D eigenvalue weighted by Crippen LogP contribution is 2.07. The average molecular weight is 386 g/mol. The van der Waals surface area contributed by atoms with E-state index in [2.05, 4.69) is 21.3 Å². The molecule has 1 rings (SSSR count). The zero-order valence-electron chi connectivity index (χ0n) is 15.9. The topological polar surface area (TPSA) is 157 Å². The number of amides is 3. The fourth-order valence-corrected chi connectivity index (χ4v) is 2.79. The van der Waals surface area contributed by atoms with E-state index in [-0.39, 0.29) is 30.8 Å². The Hall–Kier alpha value is -2.20. The summed E-state index contributed by atoms with van der Waals surface area (Å²) in [6, 6.07) is -2.76. The van der Waals surface area contributed by atoms with Crippen LogP contribution in [0.15, 0.2) is 0 Å². The molecule has 0 saturated carbocycles. The number of aliphatic carboxylic acids is 1. The Morgan fingerprint density at radius 1 is 1.15 bits per heavy atom. The van der Waals surface area contributed by atoms with Crippen molar-refractivity contribution >= 4 is 23.7 Å². The summed E-state index contributed by atoms with van der Waals surface area (Å²) < 4.78 is 0. The third-order valence-electron chi connectivity index (χ3n) is 4.21. The summed E-state index contributed by atoms with van der Waals surface area (Å²) in [6.07, 6.45) is 0.596. The van der Waals surface area contributed by atoms with Crippen molar-refractivity contribution in [2.24, 2.45) is 5.92 Å². The van der Waals surface area contributed by atoms with E-state index in [0.717, 1.165) is 13.0 Å². The smallest absolute Gasteiger partial charge is 0.328 e. The van der Waals surface area contributed by atoms with E-state index in [0.29, 0.717) is 6.42 Å². The summed E-state index contributed by atoms with van der Waals surface area (Å²) >= 11 is 0. The maximum absolute atomic E-state index is 12.4. The molecule has 1 heterocycles. The predicted octanol–water partition coefficient (Wildman–Crippen LogP) is -1.66. The number of nitrogens with one attached hydrogen (secondary N) is 4. The molecule has 10 nitrogen and oxygen atoms in total. The van der Waals surface area contributed by atoms with Crippen LogP contribution in [0.25, 0.3) is 0 Å². The van der Waals surface area contributed by atoms with E-state index in [1.54, 1.807) is 0 Å². The first-order chi connectivity index (χ1) is 12.6. The van der Waals surface area contributed by atoms with Crippen LogP contribution in [0.4, 0.5) is 0 Å². The van der Waals surface area contributed by atoms with Gasteiger partial charge in [-0.15, -0.1) is 0 Å². The van der Waals surface area contributed by atoms with Crippen LogP contribution >= 0.6 is 0 Å². The lowest BCUT2D eigenvalue weighted by molar-refractivity contribution is -0.145. The first kappa shape index (κ1) is 22.8. The normalized spacial score (nSPS) is 19.8. The number of carboxylic acids is 1. The van der Waals surface area contributed by atoms with Gasteiger partial charge in [0.15, 0.2) is 6.04 Å². The van der Waals surface area contributed by atoms with E-state index < -0.39 is 36.0 Å². The number of aliphatic hydroxyl groups excluding tert-OH is 1. The summed E-state index contributed by atoms with van der Waals surface area (Å²) in [4.78, 5) is 47.6. The molecule has 4 atom stereocenters. The van der Waals surface area contributed by atoms with Crippen molar-refractivity contribution in [3.8, 4) is 0 Å². The van der Waals surface area contributed by atoms with Gasteiger partial charge in [0.2, 0.25) is 17.7 Å². The molecule has 1 aliphatic heterocycles. The number of carboxylic acid groups (broad SMARTS) is 1. The van der Waals surface area contributed by atoms with Crippen molar-refractivity contribution in [2.45, 2.75) is 64.3 Å². The molecule has 154 valence electrons. The maximum atomic E-state index is 12.4. The van der Waals surface area contributed by atoms with Gasteiger partial charge < -0.3 is 31.5 Å². The molecule has 0 spiro atoms. The summed E-state index contributed by atoms with van der Waals surface area (Å²) in [5.74, 6) is -2.84. The predicted molar refractivity (Wildman–Crippen MR) is 96.7 cm³/mol. The number of aliphatic hydroxyl groups is 1. The van der Waals surface area contributed by atoms with Gasteiger partial charge in [0.25, 0.3) is 0 Å². The molecule has 1 saturated heterocycles. The molecule has 10 heteroatoms. The zero-order chi connectivity index (χ0) is 20.6. The molecule has 0 aliphatic carbocycles. The standard InChI is InChI=1S/C17H30N4O6/c1-9(2)7-12(16(25)21-14(10(3)22)17(26)27)20-13(23)8-19-15(24)11-5-4-6-18-11/h9-12,14,18,22H,4-8H2,1-3H3,(H,19,24)(H,20,23)(H,21,25)(H,26,27). The molecular formula is C17H30N4O6. The Kier molecular flexibility index (Phi) is 9.16. The van der Waals surface area contributed by atoms with Gasteiger partial charge in [0, 0.05) is 0 Å². The molecule has 0 aromatic heterocycles. The van der Waals surface area contributed by atoms with Crippen molar-refractivity contribution in [2.75, 3.05) is 13.1 Å². The van der Waals surface area contributed by atoms with Crippen LogP contribution in [0.2, 0.25) is 0 Å². The second kappa shape index (κ2) is 10.8. The van der Waals surface area contributed by atoms with Crippen LogP contribution in [-0.4, -0.2) is 71.2 Å². The Morgan fingerprint density at radius 3 is 2.30 bits per heavy atom. The lowest BCUT2D eigenvalue weighted by atomic mass is 10.0. The molecule has 27 heavy (non-hydrogen) atoms.